The molecule has 0 saturated carbocycles. The van der Waals surface area contributed by atoms with Crippen LogP contribution in [0, 0.1) is 0 Å². The maximum Gasteiger partial charge on any atom is 1.00 e. The Morgan fingerprint density at radius 3 is 1.50 bits per heavy atom. The molecule has 0 aliphatic heterocycles. The molecular formula is C6H10NNaO6. The van der Waals surface area contributed by atoms with Crippen molar-refractivity contribution in [3.63, 3.8) is 0 Å². The van der Waals surface area contributed by atoms with Gasteiger partial charge in [0.15, 0.2) is 0 Å². The second-order valence-electron chi connectivity index (χ2n) is 1.86. The molecule has 0 radical (unpaired) electrons. The largest absolute Gasteiger partial charge is 1.00 e. The first kappa shape index (κ1) is 19.0. The van der Waals surface area contributed by atoms with E-state index in [-0.39, 0.29) is 42.5 Å². The molecule has 7 nitrogen and oxygen atoms in total. The van der Waals surface area contributed by atoms with E-state index in [2.05, 4.69) is 5.73 Å². The van der Waals surface area contributed by atoms with Crippen molar-refractivity contribution in [2.24, 2.45) is 5.73 Å². The second-order valence-corrected chi connectivity index (χ2v) is 1.86. The first-order chi connectivity index (χ1) is 5.90. The Morgan fingerprint density at radius 2 is 1.43 bits per heavy atom. The van der Waals surface area contributed by atoms with Crippen molar-refractivity contribution in [2.45, 2.75) is 12.8 Å². The number of carboxylic acids is 3. The molecular weight excluding hydrogens is 205 g/mol. The zero-order valence-electron chi connectivity index (χ0n) is 7.73. The van der Waals surface area contributed by atoms with E-state index >= 15 is 0 Å². The van der Waals surface area contributed by atoms with Crippen molar-refractivity contribution in [2.75, 3.05) is 6.54 Å². The summed E-state index contributed by atoms with van der Waals surface area (Å²) in [6.45, 7) is -0.278. The van der Waals surface area contributed by atoms with Crippen molar-refractivity contribution in [1.82, 2.24) is 0 Å². The second kappa shape index (κ2) is 12.4. The molecule has 0 unspecified atom stereocenters. The van der Waals surface area contributed by atoms with E-state index in [1.807, 2.05) is 0 Å². The van der Waals surface area contributed by atoms with Gasteiger partial charge < -0.3 is 25.8 Å². The summed E-state index contributed by atoms with van der Waals surface area (Å²) in [5.74, 6) is -3.41. The van der Waals surface area contributed by atoms with Crippen LogP contribution >= 0.6 is 0 Å². The number of carbonyl (C=O) groups is 3. The summed E-state index contributed by atoms with van der Waals surface area (Å²) < 4.78 is 0. The van der Waals surface area contributed by atoms with Gasteiger partial charge in [-0.25, -0.2) is 0 Å². The third-order valence-corrected chi connectivity index (χ3v) is 0.718. The number of carbonyl (C=O) groups excluding carboxylic acids is 1. The molecule has 0 aromatic rings. The maximum absolute atomic E-state index is 9.61. The molecule has 0 bridgehead atoms. The minimum absolute atomic E-state index is 0. The summed E-state index contributed by atoms with van der Waals surface area (Å²) >= 11 is 0. The van der Waals surface area contributed by atoms with Gasteiger partial charge >= 0.3 is 41.5 Å². The van der Waals surface area contributed by atoms with Gasteiger partial charge in [-0.3, -0.25) is 9.59 Å². The summed E-state index contributed by atoms with van der Waals surface area (Å²) in [4.78, 5) is 28.4. The van der Waals surface area contributed by atoms with Gasteiger partial charge in [0.05, 0.1) is 13.0 Å². The maximum atomic E-state index is 9.61. The Bertz CT molecular complexity index is 181. The van der Waals surface area contributed by atoms with E-state index in [1.54, 1.807) is 0 Å². The van der Waals surface area contributed by atoms with Crippen LogP contribution < -0.4 is 40.4 Å². The molecule has 0 aromatic carbocycles. The molecule has 0 heterocycles. The molecule has 0 aliphatic carbocycles. The minimum atomic E-state index is -1.33. The molecule has 0 saturated heterocycles. The van der Waals surface area contributed by atoms with E-state index in [4.69, 9.17) is 10.2 Å². The van der Waals surface area contributed by atoms with Crippen LogP contribution in [-0.4, -0.2) is 34.7 Å². The average molecular weight is 215 g/mol. The number of aliphatic carboxylic acids is 3. The van der Waals surface area contributed by atoms with E-state index < -0.39 is 24.3 Å². The molecule has 0 aromatic heterocycles. The van der Waals surface area contributed by atoms with E-state index in [0.29, 0.717) is 0 Å². The minimum Gasteiger partial charge on any atom is -0.550 e. The van der Waals surface area contributed by atoms with Gasteiger partial charge in [-0.2, -0.15) is 0 Å². The fraction of sp³-hybridized carbons (Fsp3) is 0.500. The van der Waals surface area contributed by atoms with E-state index in [1.165, 1.54) is 0 Å². The summed E-state index contributed by atoms with van der Waals surface area (Å²) in [5, 5.41) is 25.0. The van der Waals surface area contributed by atoms with E-state index in [9.17, 15) is 19.5 Å². The fourth-order valence-electron chi connectivity index (χ4n) is 0.209. The van der Waals surface area contributed by atoms with Crippen molar-refractivity contribution in [1.29, 1.82) is 0 Å². The summed E-state index contributed by atoms with van der Waals surface area (Å²) in [7, 11) is 0. The molecule has 76 valence electrons. The van der Waals surface area contributed by atoms with Crippen LogP contribution in [-0.2, 0) is 14.4 Å². The Kier molecular flexibility index (Phi) is 16.8. The molecule has 0 amide bonds. The molecule has 14 heavy (non-hydrogen) atoms. The zero-order chi connectivity index (χ0) is 10.9. The Hall–Kier alpha value is -0.630. The number of nitrogens with two attached hydrogens (primary N) is 1. The van der Waals surface area contributed by atoms with Crippen molar-refractivity contribution >= 4 is 17.9 Å². The van der Waals surface area contributed by atoms with E-state index in [0.717, 1.165) is 0 Å². The third-order valence-electron chi connectivity index (χ3n) is 0.718. The smallest absolute Gasteiger partial charge is 0.550 e. The molecule has 8 heteroatoms. The monoisotopic (exact) mass is 215 g/mol. The van der Waals surface area contributed by atoms with Crippen LogP contribution in [0.1, 0.15) is 12.8 Å². The summed E-state index contributed by atoms with van der Waals surface area (Å²) in [6, 6.07) is 0. The van der Waals surface area contributed by atoms with Crippen molar-refractivity contribution in [3.05, 3.63) is 0 Å². The third kappa shape index (κ3) is 30.1. The standard InChI is InChI=1S/C4H6O4.C2H5NO2.Na/c5-3(6)1-2-4(7)8;3-1-2(4)5;/h1-2H2,(H,5,6)(H,7,8);1,3H2,(H,4,5);/q;;+1/p-1. The number of hydrogen-bond donors (Lipinski definition) is 3. The van der Waals surface area contributed by atoms with Crippen LogP contribution in [0.25, 0.3) is 0 Å². The van der Waals surface area contributed by atoms with Crippen LogP contribution in [0.15, 0.2) is 0 Å². The molecule has 0 rings (SSSR count). The van der Waals surface area contributed by atoms with Crippen LogP contribution in [0.5, 0.6) is 0 Å². The van der Waals surface area contributed by atoms with Gasteiger partial charge in [-0.15, -0.1) is 0 Å². The predicted molar refractivity (Wildman–Crippen MR) is 38.6 cm³/mol. The van der Waals surface area contributed by atoms with Crippen LogP contribution in [0.3, 0.4) is 0 Å². The van der Waals surface area contributed by atoms with Gasteiger partial charge in [0.25, 0.3) is 0 Å². The SMILES string of the molecule is NCC(=O)O.O=C([O-])CCC(=O)O.[Na+]. The van der Waals surface area contributed by atoms with Gasteiger partial charge in [-0.05, 0) is 6.42 Å². The fourth-order valence-corrected chi connectivity index (χ4v) is 0.209. The first-order valence-corrected chi connectivity index (χ1v) is 3.23. The van der Waals surface area contributed by atoms with Crippen LogP contribution in [0.2, 0.25) is 0 Å². The first-order valence-electron chi connectivity index (χ1n) is 3.23. The number of carboxylic acid groups (broad SMARTS) is 3. The van der Waals surface area contributed by atoms with Gasteiger partial charge in [0, 0.05) is 5.97 Å². The quantitative estimate of drug-likeness (QED) is 0.397. The Balaban J connectivity index is -0.000000177. The van der Waals surface area contributed by atoms with Gasteiger partial charge in [-0.1, -0.05) is 0 Å². The Morgan fingerprint density at radius 1 is 1.07 bits per heavy atom. The summed E-state index contributed by atoms with van der Waals surface area (Å²) in [6.07, 6.45) is -0.766. The topological polar surface area (TPSA) is 141 Å². The zero-order valence-corrected chi connectivity index (χ0v) is 9.73. The van der Waals surface area contributed by atoms with Crippen molar-refractivity contribution < 1.29 is 59.3 Å². The molecule has 0 spiro atoms. The molecule has 0 atom stereocenters. The van der Waals surface area contributed by atoms with Crippen LogP contribution in [0.4, 0.5) is 0 Å². The molecule has 0 aliphatic rings. The predicted octanol–water partition coefficient (Wildman–Crippen LogP) is -5.37. The number of rotatable bonds is 4. The van der Waals surface area contributed by atoms with Gasteiger partial charge in [0.1, 0.15) is 0 Å². The molecule has 0 fully saturated rings. The van der Waals surface area contributed by atoms with Gasteiger partial charge in [0.2, 0.25) is 0 Å². The summed E-state index contributed by atoms with van der Waals surface area (Å²) in [5.41, 5.74) is 4.57. The molecule has 4 N–H and O–H groups in total. The normalized spacial score (nSPS) is 7.50. The number of hydrogen-bond acceptors (Lipinski definition) is 5. The van der Waals surface area contributed by atoms with Crippen molar-refractivity contribution in [3.8, 4) is 0 Å². The Labute approximate surface area is 102 Å². The average Bonchev–Trinajstić information content (AvgIpc) is 2.02.